The lowest BCUT2D eigenvalue weighted by Crippen LogP contribution is -2.14. The highest BCUT2D eigenvalue weighted by Crippen LogP contribution is 2.33. The molecule has 3 N–H and O–H groups in total. The van der Waals surface area contributed by atoms with Gasteiger partial charge in [0.05, 0.1) is 4.92 Å². The molecule has 1 aromatic heterocycles. The number of hydrogen-bond acceptors (Lipinski definition) is 6. The summed E-state index contributed by atoms with van der Waals surface area (Å²) in [5.41, 5.74) is 5.31. The van der Waals surface area contributed by atoms with E-state index in [4.69, 9.17) is 27.3 Å². The van der Waals surface area contributed by atoms with Crippen molar-refractivity contribution in [3.63, 3.8) is 0 Å². The fourth-order valence-electron chi connectivity index (χ4n) is 1.51. The summed E-state index contributed by atoms with van der Waals surface area (Å²) in [6, 6.07) is 6.89. The van der Waals surface area contributed by atoms with Crippen molar-refractivity contribution < 1.29 is 14.9 Å². The molecule has 0 unspecified atom stereocenters. The standard InChI is InChI=1S/C12H9ClN4O4/c13-7-1-2-11(10(5-7)17(19)20)21-8-3-4-15-9(6-8)12(14)16-18/h1-6,18H,(H2,14,16). The van der Waals surface area contributed by atoms with E-state index in [2.05, 4.69) is 10.1 Å². The Balaban J connectivity index is 2.37. The molecule has 0 aliphatic heterocycles. The topological polar surface area (TPSA) is 124 Å². The van der Waals surface area contributed by atoms with Gasteiger partial charge in [0.15, 0.2) is 5.84 Å². The van der Waals surface area contributed by atoms with Crippen LogP contribution in [0.1, 0.15) is 5.69 Å². The Labute approximate surface area is 123 Å². The van der Waals surface area contributed by atoms with Gasteiger partial charge in [-0.15, -0.1) is 0 Å². The number of hydrogen-bond donors (Lipinski definition) is 2. The third-order valence-electron chi connectivity index (χ3n) is 2.45. The van der Waals surface area contributed by atoms with E-state index in [1.165, 1.54) is 36.5 Å². The highest BCUT2D eigenvalue weighted by molar-refractivity contribution is 6.30. The van der Waals surface area contributed by atoms with Crippen LogP contribution in [0.2, 0.25) is 5.02 Å². The Hall–Kier alpha value is -2.87. The molecule has 9 heteroatoms. The highest BCUT2D eigenvalue weighted by Gasteiger charge is 2.16. The summed E-state index contributed by atoms with van der Waals surface area (Å²) >= 11 is 5.72. The van der Waals surface area contributed by atoms with Gasteiger partial charge in [-0.25, -0.2) is 0 Å². The van der Waals surface area contributed by atoms with Crippen LogP contribution in [-0.4, -0.2) is 21.0 Å². The largest absolute Gasteiger partial charge is 0.450 e. The zero-order valence-electron chi connectivity index (χ0n) is 10.4. The molecule has 0 radical (unpaired) electrons. The number of nitrogens with two attached hydrogens (primary N) is 1. The van der Waals surface area contributed by atoms with E-state index in [1.54, 1.807) is 0 Å². The van der Waals surface area contributed by atoms with Gasteiger partial charge >= 0.3 is 5.69 Å². The number of nitro groups is 1. The predicted octanol–water partition coefficient (Wildman–Crippen LogP) is 2.53. The number of halogens is 1. The number of benzene rings is 1. The Morgan fingerprint density at radius 2 is 2.19 bits per heavy atom. The van der Waals surface area contributed by atoms with E-state index in [0.717, 1.165) is 0 Å². The number of ether oxygens (including phenoxy) is 1. The van der Waals surface area contributed by atoms with Crippen LogP contribution in [0.3, 0.4) is 0 Å². The lowest BCUT2D eigenvalue weighted by Gasteiger charge is -2.07. The van der Waals surface area contributed by atoms with Gasteiger partial charge in [-0.05, 0) is 18.2 Å². The maximum Gasteiger partial charge on any atom is 0.313 e. The van der Waals surface area contributed by atoms with Crippen molar-refractivity contribution in [2.24, 2.45) is 10.9 Å². The average molecular weight is 309 g/mol. The summed E-state index contributed by atoms with van der Waals surface area (Å²) in [4.78, 5) is 14.2. The molecule has 2 rings (SSSR count). The summed E-state index contributed by atoms with van der Waals surface area (Å²) in [7, 11) is 0. The van der Waals surface area contributed by atoms with Gasteiger partial charge < -0.3 is 15.7 Å². The van der Waals surface area contributed by atoms with Gasteiger partial charge in [0.25, 0.3) is 0 Å². The Kier molecular flexibility index (Phi) is 4.19. The second-order valence-corrected chi connectivity index (χ2v) is 4.27. The summed E-state index contributed by atoms with van der Waals surface area (Å²) in [5.74, 6) is 0.0594. The molecule has 0 bridgehead atoms. The van der Waals surface area contributed by atoms with Crippen LogP contribution in [0, 0.1) is 10.1 Å². The number of rotatable bonds is 4. The van der Waals surface area contributed by atoms with Crippen LogP contribution < -0.4 is 10.5 Å². The second-order valence-electron chi connectivity index (χ2n) is 3.83. The van der Waals surface area contributed by atoms with E-state index < -0.39 is 4.92 Å². The highest BCUT2D eigenvalue weighted by atomic mass is 35.5. The molecular formula is C12H9ClN4O4. The van der Waals surface area contributed by atoms with Crippen LogP contribution in [0.15, 0.2) is 41.7 Å². The maximum absolute atomic E-state index is 11.0. The molecule has 0 aliphatic carbocycles. The number of nitrogens with zero attached hydrogens (tertiary/aromatic N) is 3. The third-order valence-corrected chi connectivity index (χ3v) is 2.68. The first-order chi connectivity index (χ1) is 10.0. The molecular weight excluding hydrogens is 300 g/mol. The van der Waals surface area contributed by atoms with E-state index in [1.807, 2.05) is 0 Å². The van der Waals surface area contributed by atoms with Crippen LogP contribution in [0.5, 0.6) is 11.5 Å². The quantitative estimate of drug-likeness (QED) is 0.294. The van der Waals surface area contributed by atoms with Gasteiger partial charge in [-0.2, -0.15) is 0 Å². The number of aromatic nitrogens is 1. The smallest absolute Gasteiger partial charge is 0.313 e. The Morgan fingerprint density at radius 1 is 1.43 bits per heavy atom. The van der Waals surface area contributed by atoms with E-state index in [9.17, 15) is 10.1 Å². The number of oxime groups is 1. The lowest BCUT2D eigenvalue weighted by molar-refractivity contribution is -0.385. The van der Waals surface area contributed by atoms with Crippen molar-refractivity contribution in [3.05, 3.63) is 57.4 Å². The van der Waals surface area contributed by atoms with Crippen molar-refractivity contribution >= 4 is 23.1 Å². The summed E-state index contributed by atoms with van der Waals surface area (Å²) in [5, 5.41) is 22.6. The molecule has 1 aromatic carbocycles. The fourth-order valence-corrected chi connectivity index (χ4v) is 1.68. The maximum atomic E-state index is 11.0. The SMILES string of the molecule is NC(=NO)c1cc(Oc2ccc(Cl)cc2[N+](=O)[O-])ccn1. The minimum atomic E-state index is -0.604. The van der Waals surface area contributed by atoms with Crippen molar-refractivity contribution in [1.82, 2.24) is 4.98 Å². The summed E-state index contributed by atoms with van der Waals surface area (Å²) in [6.07, 6.45) is 1.37. The fraction of sp³-hybridized carbons (Fsp3) is 0. The van der Waals surface area contributed by atoms with E-state index in [0.29, 0.717) is 0 Å². The van der Waals surface area contributed by atoms with Gasteiger partial charge in [-0.3, -0.25) is 15.1 Å². The van der Waals surface area contributed by atoms with Crippen molar-refractivity contribution in [2.45, 2.75) is 0 Å². The van der Waals surface area contributed by atoms with Crippen molar-refractivity contribution in [2.75, 3.05) is 0 Å². The molecule has 0 saturated carbocycles. The van der Waals surface area contributed by atoms with Crippen LogP contribution in [0.25, 0.3) is 0 Å². The first-order valence-corrected chi connectivity index (χ1v) is 5.95. The van der Waals surface area contributed by atoms with Crippen molar-refractivity contribution in [3.8, 4) is 11.5 Å². The zero-order chi connectivity index (χ0) is 15.4. The molecule has 108 valence electrons. The molecule has 8 nitrogen and oxygen atoms in total. The first kappa shape index (κ1) is 14.5. The second kappa shape index (κ2) is 6.06. The molecule has 0 spiro atoms. The molecule has 0 aliphatic rings. The molecule has 0 fully saturated rings. The van der Waals surface area contributed by atoms with Gasteiger partial charge in [0, 0.05) is 23.4 Å². The Morgan fingerprint density at radius 3 is 2.86 bits per heavy atom. The first-order valence-electron chi connectivity index (χ1n) is 5.57. The van der Waals surface area contributed by atoms with E-state index >= 15 is 0 Å². The van der Waals surface area contributed by atoms with Gasteiger partial charge in [-0.1, -0.05) is 16.8 Å². The van der Waals surface area contributed by atoms with Crippen LogP contribution in [0.4, 0.5) is 5.69 Å². The minimum Gasteiger partial charge on any atom is -0.450 e. The lowest BCUT2D eigenvalue weighted by atomic mass is 10.3. The van der Waals surface area contributed by atoms with E-state index in [-0.39, 0.29) is 33.7 Å². The zero-order valence-corrected chi connectivity index (χ0v) is 11.2. The number of nitro benzene ring substituents is 1. The summed E-state index contributed by atoms with van der Waals surface area (Å²) < 4.78 is 5.43. The van der Waals surface area contributed by atoms with Gasteiger partial charge in [0.2, 0.25) is 5.75 Å². The predicted molar refractivity (Wildman–Crippen MR) is 74.9 cm³/mol. The molecule has 21 heavy (non-hydrogen) atoms. The molecule has 2 aromatic rings. The van der Waals surface area contributed by atoms with Crippen LogP contribution in [-0.2, 0) is 0 Å². The normalized spacial score (nSPS) is 11.2. The molecule has 0 amide bonds. The molecule has 0 atom stereocenters. The number of amidine groups is 1. The molecule has 0 saturated heterocycles. The molecule has 1 heterocycles. The van der Waals surface area contributed by atoms with Crippen molar-refractivity contribution in [1.29, 1.82) is 0 Å². The minimum absolute atomic E-state index is 0.0149. The third kappa shape index (κ3) is 3.37. The average Bonchev–Trinajstić information content (AvgIpc) is 2.48. The monoisotopic (exact) mass is 308 g/mol. The summed E-state index contributed by atoms with van der Waals surface area (Å²) in [6.45, 7) is 0. The van der Waals surface area contributed by atoms with Crippen LogP contribution >= 0.6 is 11.6 Å². The Bertz CT molecular complexity index is 720. The van der Waals surface area contributed by atoms with Gasteiger partial charge in [0.1, 0.15) is 11.4 Å². The number of pyridine rings is 1.